The molecule has 2 rings (SSSR count). The van der Waals surface area contributed by atoms with Gasteiger partial charge in [0, 0.05) is 18.7 Å². The summed E-state index contributed by atoms with van der Waals surface area (Å²) in [5, 5.41) is 31.8. The summed E-state index contributed by atoms with van der Waals surface area (Å²) in [6.07, 6.45) is 0. The number of nitrogens with one attached hydrogen (secondary N) is 1. The van der Waals surface area contributed by atoms with Gasteiger partial charge in [-0.2, -0.15) is 5.11 Å². The number of hydrogen-bond donors (Lipinski definition) is 2. The zero-order valence-corrected chi connectivity index (χ0v) is 12.3. The first-order valence-electron chi connectivity index (χ1n) is 6.75. The fourth-order valence-corrected chi connectivity index (χ4v) is 1.91. The Morgan fingerprint density at radius 1 is 1.23 bits per heavy atom. The number of nitro groups is 1. The Labute approximate surface area is 127 Å². The molecule has 0 aliphatic rings. The van der Waals surface area contributed by atoms with Gasteiger partial charge in [-0.05, 0) is 43.7 Å². The van der Waals surface area contributed by atoms with Crippen LogP contribution in [-0.2, 0) is 0 Å². The van der Waals surface area contributed by atoms with E-state index in [0.29, 0.717) is 23.6 Å². The van der Waals surface area contributed by atoms with Gasteiger partial charge in [0.2, 0.25) is 0 Å². The van der Waals surface area contributed by atoms with Crippen molar-refractivity contribution in [2.24, 2.45) is 10.2 Å². The monoisotopic (exact) mass is 300 g/mol. The molecule has 0 unspecified atom stereocenters. The molecule has 0 bridgehead atoms. The van der Waals surface area contributed by atoms with Crippen molar-refractivity contribution in [3.63, 3.8) is 0 Å². The molecule has 0 aliphatic carbocycles. The number of hydrogen-bond acceptors (Lipinski definition) is 6. The number of phenols is 1. The molecule has 0 heterocycles. The minimum atomic E-state index is -0.476. The normalized spacial score (nSPS) is 10.8. The summed E-state index contributed by atoms with van der Waals surface area (Å²) in [5.41, 5.74) is 2.34. The van der Waals surface area contributed by atoms with Crippen molar-refractivity contribution in [3.8, 4) is 5.75 Å². The molecule has 0 spiro atoms. The van der Waals surface area contributed by atoms with Crippen molar-refractivity contribution in [2.75, 3.05) is 11.9 Å². The number of aromatic hydroxyl groups is 1. The van der Waals surface area contributed by atoms with E-state index in [0.717, 1.165) is 5.56 Å². The molecule has 2 N–H and O–H groups in total. The van der Waals surface area contributed by atoms with Gasteiger partial charge in [-0.15, -0.1) is 5.11 Å². The van der Waals surface area contributed by atoms with Crippen LogP contribution >= 0.6 is 0 Å². The number of anilines is 1. The number of benzene rings is 2. The number of non-ortho nitro benzene ring substituents is 1. The van der Waals surface area contributed by atoms with Crippen molar-refractivity contribution >= 4 is 22.7 Å². The van der Waals surface area contributed by atoms with E-state index in [2.05, 4.69) is 15.5 Å². The Kier molecular flexibility index (Phi) is 4.67. The number of nitrogens with zero attached hydrogens (tertiary/aromatic N) is 3. The maximum absolute atomic E-state index is 10.6. The molecule has 0 aliphatic heterocycles. The van der Waals surface area contributed by atoms with E-state index in [1.165, 1.54) is 24.3 Å². The van der Waals surface area contributed by atoms with Crippen LogP contribution in [0.25, 0.3) is 0 Å². The van der Waals surface area contributed by atoms with Crippen LogP contribution in [0.1, 0.15) is 12.5 Å². The number of nitro benzene ring substituents is 1. The highest BCUT2D eigenvalue weighted by Crippen LogP contribution is 2.36. The Morgan fingerprint density at radius 3 is 2.50 bits per heavy atom. The van der Waals surface area contributed by atoms with E-state index in [9.17, 15) is 15.2 Å². The summed E-state index contributed by atoms with van der Waals surface area (Å²) in [6, 6.07) is 9.25. The van der Waals surface area contributed by atoms with Gasteiger partial charge < -0.3 is 10.4 Å². The third-order valence-corrected chi connectivity index (χ3v) is 2.94. The lowest BCUT2D eigenvalue weighted by atomic mass is 10.1. The van der Waals surface area contributed by atoms with Gasteiger partial charge in [-0.25, -0.2) is 0 Å². The van der Waals surface area contributed by atoms with Crippen LogP contribution in [0.4, 0.5) is 22.7 Å². The topological polar surface area (TPSA) is 100 Å². The molecule has 0 fully saturated rings. The highest BCUT2D eigenvalue weighted by Gasteiger charge is 2.08. The number of rotatable bonds is 5. The van der Waals surface area contributed by atoms with Gasteiger partial charge in [-0.1, -0.05) is 0 Å². The second-order valence-electron chi connectivity index (χ2n) is 4.68. The molecular formula is C15H16N4O3. The van der Waals surface area contributed by atoms with Crippen molar-refractivity contribution < 1.29 is 10.0 Å². The zero-order chi connectivity index (χ0) is 16.1. The molecule has 22 heavy (non-hydrogen) atoms. The van der Waals surface area contributed by atoms with E-state index in [-0.39, 0.29) is 11.4 Å². The van der Waals surface area contributed by atoms with Gasteiger partial charge in [0.05, 0.1) is 16.3 Å². The number of azo groups is 1. The Hall–Kier alpha value is -2.96. The van der Waals surface area contributed by atoms with E-state index in [4.69, 9.17) is 0 Å². The molecule has 0 radical (unpaired) electrons. The average Bonchev–Trinajstić information content (AvgIpc) is 2.49. The third kappa shape index (κ3) is 3.57. The first-order valence-corrected chi connectivity index (χ1v) is 6.75. The second-order valence-corrected chi connectivity index (χ2v) is 4.68. The average molecular weight is 300 g/mol. The SMILES string of the molecule is CCNc1cc(C)cc(N=Nc2ccc([N+](=O)[O-])cc2)c1O. The van der Waals surface area contributed by atoms with Crippen LogP contribution < -0.4 is 5.32 Å². The summed E-state index contributed by atoms with van der Waals surface area (Å²) >= 11 is 0. The zero-order valence-electron chi connectivity index (χ0n) is 12.3. The predicted octanol–water partition coefficient (Wildman–Crippen LogP) is 4.46. The van der Waals surface area contributed by atoms with Crippen LogP contribution in [0.15, 0.2) is 46.6 Å². The Bertz CT molecular complexity index is 711. The second kappa shape index (κ2) is 6.66. The van der Waals surface area contributed by atoms with Crippen molar-refractivity contribution in [1.82, 2.24) is 0 Å². The lowest BCUT2D eigenvalue weighted by Crippen LogP contribution is -1.97. The van der Waals surface area contributed by atoms with Crippen LogP contribution in [0.5, 0.6) is 5.75 Å². The molecule has 7 nitrogen and oxygen atoms in total. The van der Waals surface area contributed by atoms with Gasteiger partial charge in [0.1, 0.15) is 5.69 Å². The minimum Gasteiger partial charge on any atom is -0.504 e. The van der Waals surface area contributed by atoms with Crippen LogP contribution in [0, 0.1) is 17.0 Å². The third-order valence-electron chi connectivity index (χ3n) is 2.94. The van der Waals surface area contributed by atoms with Crippen LogP contribution in [-0.4, -0.2) is 16.6 Å². The fraction of sp³-hybridized carbons (Fsp3) is 0.200. The highest BCUT2D eigenvalue weighted by molar-refractivity contribution is 5.69. The summed E-state index contributed by atoms with van der Waals surface area (Å²) in [7, 11) is 0. The molecule has 0 saturated heterocycles. The largest absolute Gasteiger partial charge is 0.504 e. The lowest BCUT2D eigenvalue weighted by Gasteiger charge is -2.09. The summed E-state index contributed by atoms with van der Waals surface area (Å²) in [6.45, 7) is 4.50. The first-order chi connectivity index (χ1) is 10.5. The summed E-state index contributed by atoms with van der Waals surface area (Å²) < 4.78 is 0. The molecule has 0 amide bonds. The van der Waals surface area contributed by atoms with Crippen molar-refractivity contribution in [2.45, 2.75) is 13.8 Å². The van der Waals surface area contributed by atoms with E-state index >= 15 is 0 Å². The smallest absolute Gasteiger partial charge is 0.269 e. The van der Waals surface area contributed by atoms with Gasteiger partial charge in [0.15, 0.2) is 5.75 Å². The predicted molar refractivity (Wildman–Crippen MR) is 84.3 cm³/mol. The van der Waals surface area contributed by atoms with Crippen molar-refractivity contribution in [3.05, 3.63) is 52.1 Å². The maximum Gasteiger partial charge on any atom is 0.269 e. The standard InChI is InChI=1S/C15H16N4O3/c1-3-16-13-8-10(2)9-14(15(13)20)18-17-11-4-6-12(7-5-11)19(21)22/h4-9,16,20H,3H2,1-2H3. The highest BCUT2D eigenvalue weighted by atomic mass is 16.6. The summed E-state index contributed by atoms with van der Waals surface area (Å²) in [5.74, 6) is 0.0260. The van der Waals surface area contributed by atoms with E-state index in [1.54, 1.807) is 6.07 Å². The molecule has 0 aromatic heterocycles. The lowest BCUT2D eigenvalue weighted by molar-refractivity contribution is -0.384. The molecule has 0 atom stereocenters. The number of phenolic OH excluding ortho intramolecular Hbond substituents is 1. The maximum atomic E-state index is 10.6. The van der Waals surface area contributed by atoms with Gasteiger partial charge in [-0.3, -0.25) is 10.1 Å². The quantitative estimate of drug-likeness (QED) is 0.368. The van der Waals surface area contributed by atoms with E-state index < -0.39 is 4.92 Å². The first kappa shape index (κ1) is 15.4. The van der Waals surface area contributed by atoms with Crippen LogP contribution in [0.2, 0.25) is 0 Å². The molecule has 0 saturated carbocycles. The summed E-state index contributed by atoms with van der Waals surface area (Å²) in [4.78, 5) is 10.1. The minimum absolute atomic E-state index is 0.00761. The Morgan fingerprint density at radius 2 is 1.91 bits per heavy atom. The van der Waals surface area contributed by atoms with E-state index in [1.807, 2.05) is 19.9 Å². The van der Waals surface area contributed by atoms with Crippen molar-refractivity contribution in [1.29, 1.82) is 0 Å². The van der Waals surface area contributed by atoms with Gasteiger partial charge in [0.25, 0.3) is 5.69 Å². The van der Waals surface area contributed by atoms with Gasteiger partial charge >= 0.3 is 0 Å². The molecule has 114 valence electrons. The number of aryl methyl sites for hydroxylation is 1. The molecule has 7 heteroatoms. The Balaban J connectivity index is 2.27. The fourth-order valence-electron chi connectivity index (χ4n) is 1.91. The molecule has 2 aromatic rings. The molecular weight excluding hydrogens is 284 g/mol. The molecule has 2 aromatic carbocycles. The van der Waals surface area contributed by atoms with Crippen LogP contribution in [0.3, 0.4) is 0 Å².